The van der Waals surface area contributed by atoms with Crippen molar-refractivity contribution in [1.29, 1.82) is 0 Å². The van der Waals surface area contributed by atoms with E-state index in [-0.39, 0.29) is 36.1 Å². The summed E-state index contributed by atoms with van der Waals surface area (Å²) >= 11 is 6.34. The van der Waals surface area contributed by atoms with Gasteiger partial charge in [-0.3, -0.25) is 29.4 Å². The molecule has 10 heteroatoms. The lowest BCUT2D eigenvalue weighted by Gasteiger charge is -2.38. The van der Waals surface area contributed by atoms with Crippen LogP contribution < -0.4 is 10.2 Å². The van der Waals surface area contributed by atoms with Gasteiger partial charge in [-0.05, 0) is 87.0 Å². The number of anilines is 1. The number of amides is 4. The van der Waals surface area contributed by atoms with Crippen LogP contribution in [0.25, 0.3) is 0 Å². The van der Waals surface area contributed by atoms with Crippen molar-refractivity contribution in [2.45, 2.75) is 64.1 Å². The monoisotopic (exact) mass is 591 g/mol. The van der Waals surface area contributed by atoms with E-state index >= 15 is 0 Å². The Kier molecular flexibility index (Phi) is 8.23. The van der Waals surface area contributed by atoms with Gasteiger partial charge in [0.05, 0.1) is 6.04 Å². The van der Waals surface area contributed by atoms with Crippen molar-refractivity contribution in [2.75, 3.05) is 44.2 Å². The van der Waals surface area contributed by atoms with E-state index in [1.165, 1.54) is 0 Å². The van der Waals surface area contributed by atoms with Gasteiger partial charge in [0.1, 0.15) is 6.04 Å². The minimum atomic E-state index is -0.608. The summed E-state index contributed by atoms with van der Waals surface area (Å²) in [6.07, 6.45) is 4.21. The summed E-state index contributed by atoms with van der Waals surface area (Å²) in [6.45, 7) is 7.16. The van der Waals surface area contributed by atoms with Crippen molar-refractivity contribution < 1.29 is 19.2 Å². The predicted molar refractivity (Wildman–Crippen MR) is 160 cm³/mol. The third-order valence-electron chi connectivity index (χ3n) is 9.33. The highest BCUT2D eigenvalue weighted by Crippen LogP contribution is 2.31. The first kappa shape index (κ1) is 28.7. The summed E-state index contributed by atoms with van der Waals surface area (Å²) in [5.74, 6) is -0.577. The highest BCUT2D eigenvalue weighted by atomic mass is 35.5. The predicted octanol–water partition coefficient (Wildman–Crippen LogP) is 3.16. The molecular formula is C32H38ClN5O4. The van der Waals surface area contributed by atoms with Crippen molar-refractivity contribution in [3.8, 4) is 0 Å². The lowest BCUT2D eigenvalue weighted by atomic mass is 9.99. The lowest BCUT2D eigenvalue weighted by Crippen LogP contribution is -2.53. The average Bonchev–Trinajstić information content (AvgIpc) is 3.59. The van der Waals surface area contributed by atoms with Gasteiger partial charge in [0.25, 0.3) is 5.91 Å². The van der Waals surface area contributed by atoms with E-state index in [1.54, 1.807) is 4.90 Å². The van der Waals surface area contributed by atoms with E-state index in [0.29, 0.717) is 31.6 Å². The molecule has 2 unspecified atom stereocenters. The summed E-state index contributed by atoms with van der Waals surface area (Å²) < 4.78 is 0. The number of imide groups is 1. The Labute approximate surface area is 251 Å². The number of nitrogens with zero attached hydrogens (tertiary/aromatic N) is 4. The maximum absolute atomic E-state index is 13.6. The molecule has 0 bridgehead atoms. The number of carbonyl (C=O) groups is 4. The van der Waals surface area contributed by atoms with Crippen molar-refractivity contribution in [3.05, 3.63) is 63.7 Å². The van der Waals surface area contributed by atoms with Crippen LogP contribution in [0.2, 0.25) is 5.02 Å². The highest BCUT2D eigenvalue weighted by Gasteiger charge is 2.40. The first-order chi connectivity index (χ1) is 20.3. The van der Waals surface area contributed by atoms with Crippen molar-refractivity contribution >= 4 is 40.9 Å². The van der Waals surface area contributed by atoms with Gasteiger partial charge in [-0.15, -0.1) is 0 Å². The minimum absolute atomic E-state index is 0.0727. The Hall–Kier alpha value is -3.43. The van der Waals surface area contributed by atoms with Gasteiger partial charge in [0.2, 0.25) is 17.7 Å². The number of likely N-dealkylation sites (tertiary alicyclic amines) is 1. The molecule has 2 atom stereocenters. The Bertz CT molecular complexity index is 1410. The van der Waals surface area contributed by atoms with Crippen LogP contribution in [0.15, 0.2) is 36.4 Å². The van der Waals surface area contributed by atoms with Gasteiger partial charge in [-0.1, -0.05) is 29.8 Å². The summed E-state index contributed by atoms with van der Waals surface area (Å²) in [5, 5.41) is 3.14. The topological polar surface area (TPSA) is 93.3 Å². The minimum Gasteiger partial charge on any atom is -0.368 e. The molecule has 0 aliphatic carbocycles. The van der Waals surface area contributed by atoms with Crippen LogP contribution >= 0.6 is 11.6 Å². The fraction of sp³-hybridized carbons (Fsp3) is 0.500. The Balaban J connectivity index is 1.03. The van der Waals surface area contributed by atoms with E-state index in [1.807, 2.05) is 36.1 Å². The molecule has 0 radical (unpaired) electrons. The summed E-state index contributed by atoms with van der Waals surface area (Å²) in [6, 6.07) is 11.3. The van der Waals surface area contributed by atoms with E-state index < -0.39 is 6.04 Å². The van der Waals surface area contributed by atoms with Gasteiger partial charge in [0.15, 0.2) is 0 Å². The molecule has 3 saturated heterocycles. The highest BCUT2D eigenvalue weighted by molar-refractivity contribution is 6.31. The number of hydrogen-bond donors (Lipinski definition) is 1. The molecule has 0 spiro atoms. The van der Waals surface area contributed by atoms with E-state index in [9.17, 15) is 19.2 Å². The summed E-state index contributed by atoms with van der Waals surface area (Å²) in [7, 11) is 0. The second-order valence-corrected chi connectivity index (χ2v) is 12.3. The molecule has 9 nitrogen and oxygen atoms in total. The third kappa shape index (κ3) is 5.64. The maximum atomic E-state index is 13.6. The smallest absolute Gasteiger partial charge is 0.255 e. The van der Waals surface area contributed by atoms with Gasteiger partial charge in [-0.25, -0.2) is 0 Å². The van der Waals surface area contributed by atoms with Gasteiger partial charge in [-0.2, -0.15) is 0 Å². The number of rotatable bonds is 7. The Morgan fingerprint density at radius 3 is 2.60 bits per heavy atom. The molecule has 3 fully saturated rings. The van der Waals surface area contributed by atoms with E-state index in [2.05, 4.69) is 27.2 Å². The first-order valence-electron chi connectivity index (χ1n) is 15.1. The normalized spacial score (nSPS) is 23.0. The van der Waals surface area contributed by atoms with Crippen LogP contribution in [0.3, 0.4) is 0 Å². The number of fused-ring (bicyclic) bond motifs is 1. The van der Waals surface area contributed by atoms with Crippen LogP contribution in [0, 0.1) is 6.92 Å². The number of nitrogens with one attached hydrogen (secondary N) is 1. The number of piperazine rings is 1. The molecule has 2 aromatic rings. The van der Waals surface area contributed by atoms with E-state index in [4.69, 9.17) is 11.6 Å². The number of hydrogen-bond acceptors (Lipinski definition) is 6. The molecule has 1 N–H and O–H groups in total. The molecule has 42 heavy (non-hydrogen) atoms. The Morgan fingerprint density at radius 2 is 1.83 bits per heavy atom. The van der Waals surface area contributed by atoms with Crippen molar-refractivity contribution in [1.82, 2.24) is 20.0 Å². The molecule has 2 aromatic carbocycles. The number of carbonyl (C=O) groups excluding carboxylic acids is 4. The number of benzene rings is 2. The second kappa shape index (κ2) is 12.1. The van der Waals surface area contributed by atoms with Crippen LogP contribution in [0.4, 0.5) is 5.69 Å². The molecule has 4 aliphatic heterocycles. The average molecular weight is 592 g/mol. The molecule has 222 valence electrons. The summed E-state index contributed by atoms with van der Waals surface area (Å²) in [5.41, 5.74) is 4.92. The standard InChI is InChI=1S/C32H38ClN5O4/c1-21-9-10-23(19-26(21)33)35-15-17-37(18-16-35)32(42)28-8-4-14-36(28)13-3-6-22-5-2-7-24-25(22)20-38(31(24)41)27-11-12-29(39)34-30(27)40/h2,5,7,9-10,19,27-28H,3-4,6,8,11-18,20H2,1H3,(H,34,39,40). The quantitative estimate of drug-likeness (QED) is 0.497. The molecule has 0 aromatic heterocycles. The van der Waals surface area contributed by atoms with Crippen LogP contribution in [0.1, 0.15) is 59.2 Å². The van der Waals surface area contributed by atoms with Crippen LogP contribution in [-0.4, -0.2) is 89.7 Å². The van der Waals surface area contributed by atoms with Crippen LogP contribution in [0.5, 0.6) is 0 Å². The fourth-order valence-electron chi connectivity index (χ4n) is 6.90. The molecule has 6 rings (SSSR count). The molecule has 4 amide bonds. The number of piperidine rings is 1. The fourth-order valence-corrected chi connectivity index (χ4v) is 7.08. The molecule has 4 aliphatic rings. The van der Waals surface area contributed by atoms with Gasteiger partial charge in [0, 0.05) is 55.4 Å². The van der Waals surface area contributed by atoms with Crippen LogP contribution in [-0.2, 0) is 27.3 Å². The van der Waals surface area contributed by atoms with Gasteiger partial charge < -0.3 is 14.7 Å². The zero-order valence-corrected chi connectivity index (χ0v) is 24.9. The summed E-state index contributed by atoms with van der Waals surface area (Å²) in [4.78, 5) is 59.0. The maximum Gasteiger partial charge on any atom is 0.255 e. The zero-order chi connectivity index (χ0) is 29.4. The SMILES string of the molecule is Cc1ccc(N2CCN(C(=O)C3CCCN3CCCc3cccc4c3CN(C3CCC(=O)NC3=O)C4=O)CC2)cc1Cl. The number of halogens is 1. The van der Waals surface area contributed by atoms with Crippen molar-refractivity contribution in [3.63, 3.8) is 0 Å². The molecule has 4 heterocycles. The van der Waals surface area contributed by atoms with Crippen molar-refractivity contribution in [2.24, 2.45) is 0 Å². The molecule has 0 saturated carbocycles. The van der Waals surface area contributed by atoms with E-state index in [0.717, 1.165) is 79.3 Å². The lowest BCUT2D eigenvalue weighted by molar-refractivity contribution is -0.137. The second-order valence-electron chi connectivity index (χ2n) is 11.9. The number of aryl methyl sites for hydroxylation is 2. The molecular weight excluding hydrogens is 554 g/mol. The largest absolute Gasteiger partial charge is 0.368 e. The van der Waals surface area contributed by atoms with Gasteiger partial charge >= 0.3 is 0 Å². The Morgan fingerprint density at radius 1 is 1.02 bits per heavy atom. The zero-order valence-electron chi connectivity index (χ0n) is 24.1. The first-order valence-corrected chi connectivity index (χ1v) is 15.5. The third-order valence-corrected chi connectivity index (χ3v) is 9.74.